The fraction of sp³-hybridized carbons (Fsp3) is 0.200. The third-order valence-corrected chi connectivity index (χ3v) is 5.94. The van der Waals surface area contributed by atoms with E-state index in [4.69, 9.17) is 23.2 Å². The van der Waals surface area contributed by atoms with E-state index < -0.39 is 41.1 Å². The zero-order valence-corrected chi connectivity index (χ0v) is 20.9. The van der Waals surface area contributed by atoms with Gasteiger partial charge in [0, 0.05) is 17.8 Å². The predicted octanol–water partition coefficient (Wildman–Crippen LogP) is 5.70. The molecule has 0 bridgehead atoms. The smallest absolute Gasteiger partial charge is 0.417 e. The number of anilines is 1. The number of aromatic nitrogens is 1. The van der Waals surface area contributed by atoms with Crippen LogP contribution in [0.5, 0.6) is 0 Å². The first-order valence-corrected chi connectivity index (χ1v) is 11.5. The summed E-state index contributed by atoms with van der Waals surface area (Å²) >= 11 is 12.1. The lowest BCUT2D eigenvalue weighted by atomic mass is 10.0. The molecule has 0 aliphatic rings. The number of pyridine rings is 1. The van der Waals surface area contributed by atoms with Gasteiger partial charge in [0.1, 0.15) is 6.04 Å². The van der Waals surface area contributed by atoms with Gasteiger partial charge in [0.15, 0.2) is 0 Å². The molecule has 0 fully saturated rings. The van der Waals surface area contributed by atoms with Crippen molar-refractivity contribution in [2.75, 3.05) is 5.32 Å². The Labute approximate surface area is 219 Å². The van der Waals surface area contributed by atoms with Crippen LogP contribution in [0.15, 0.2) is 48.5 Å². The van der Waals surface area contributed by atoms with Gasteiger partial charge in [0.2, 0.25) is 0 Å². The number of aryl methyl sites for hydroxylation is 2. The molecule has 1 atom stereocenters. The number of benzene rings is 2. The third-order valence-electron chi connectivity index (χ3n) is 5.31. The maximum Gasteiger partial charge on any atom is 0.417 e. The lowest BCUT2D eigenvalue weighted by Gasteiger charge is -2.19. The van der Waals surface area contributed by atoms with Crippen LogP contribution in [0.1, 0.15) is 43.2 Å². The summed E-state index contributed by atoms with van der Waals surface area (Å²) in [6.45, 7) is 2.61. The standard InChI is InChI=1S/C25H20Cl2F3N3O4/c1-12-10-16(25(28,29)30)20(13(2)31-12)22(34)33-19(24(36)37)11-14-6-8-15(9-7-14)32-23(35)21-17(26)4-3-5-18(21)27/h3-10,19H,11H2,1-2H3,(H,32,35)(H,33,34)(H,36,37)/t19-/m0/s1. The van der Waals surface area contributed by atoms with Crippen LogP contribution in [0, 0.1) is 13.8 Å². The summed E-state index contributed by atoms with van der Waals surface area (Å²) in [5, 5.41) is 14.7. The zero-order valence-electron chi connectivity index (χ0n) is 19.4. The molecular formula is C25H20Cl2F3N3O4. The van der Waals surface area contributed by atoms with Gasteiger partial charge in [-0.1, -0.05) is 41.4 Å². The number of nitrogens with zero attached hydrogens (tertiary/aromatic N) is 1. The second-order valence-electron chi connectivity index (χ2n) is 8.09. The summed E-state index contributed by atoms with van der Waals surface area (Å²) in [5.41, 5.74) is -1.15. The molecule has 3 aromatic rings. The predicted molar refractivity (Wildman–Crippen MR) is 132 cm³/mol. The lowest BCUT2D eigenvalue weighted by Crippen LogP contribution is -2.43. The molecule has 0 aliphatic carbocycles. The molecular weight excluding hydrogens is 534 g/mol. The van der Waals surface area contributed by atoms with Gasteiger partial charge < -0.3 is 15.7 Å². The molecule has 0 unspecified atom stereocenters. The first-order valence-electron chi connectivity index (χ1n) is 10.7. The number of alkyl halides is 3. The van der Waals surface area contributed by atoms with Crippen LogP contribution < -0.4 is 10.6 Å². The molecule has 1 aromatic heterocycles. The van der Waals surface area contributed by atoms with Crippen molar-refractivity contribution in [3.63, 3.8) is 0 Å². The summed E-state index contributed by atoms with van der Waals surface area (Å²) < 4.78 is 40.6. The van der Waals surface area contributed by atoms with E-state index >= 15 is 0 Å². The van der Waals surface area contributed by atoms with Crippen molar-refractivity contribution >= 4 is 46.7 Å². The number of carbonyl (C=O) groups is 3. The summed E-state index contributed by atoms with van der Waals surface area (Å²) in [6, 6.07) is 9.82. The van der Waals surface area contributed by atoms with E-state index in [0.717, 1.165) is 6.07 Å². The minimum atomic E-state index is -4.83. The maximum atomic E-state index is 13.5. The van der Waals surface area contributed by atoms with Crippen molar-refractivity contribution in [3.8, 4) is 0 Å². The Morgan fingerprint density at radius 2 is 1.57 bits per heavy atom. The number of hydrogen-bond donors (Lipinski definition) is 3. The van der Waals surface area contributed by atoms with Crippen LogP contribution in [0.2, 0.25) is 10.0 Å². The van der Waals surface area contributed by atoms with E-state index in [1.54, 1.807) is 6.07 Å². The SMILES string of the molecule is Cc1cc(C(F)(F)F)c(C(=O)N[C@@H](Cc2ccc(NC(=O)c3c(Cl)cccc3Cl)cc2)C(=O)O)c(C)n1. The monoisotopic (exact) mass is 553 g/mol. The minimum Gasteiger partial charge on any atom is -0.480 e. The highest BCUT2D eigenvalue weighted by molar-refractivity contribution is 6.40. The number of aliphatic carboxylic acids is 1. The first kappa shape index (κ1) is 27.9. The van der Waals surface area contributed by atoms with Crippen molar-refractivity contribution in [1.82, 2.24) is 10.3 Å². The van der Waals surface area contributed by atoms with Crippen LogP contribution in [0.4, 0.5) is 18.9 Å². The van der Waals surface area contributed by atoms with Gasteiger partial charge in [-0.05, 0) is 49.7 Å². The number of amides is 2. The Bertz CT molecular complexity index is 1340. The zero-order chi connectivity index (χ0) is 27.5. The second kappa shape index (κ2) is 11.2. The first-order chi connectivity index (χ1) is 17.3. The average Bonchev–Trinajstić information content (AvgIpc) is 2.78. The molecule has 3 rings (SSSR count). The summed E-state index contributed by atoms with van der Waals surface area (Å²) in [6.07, 6.45) is -5.07. The van der Waals surface area contributed by atoms with E-state index in [9.17, 15) is 32.7 Å². The fourth-order valence-corrected chi connectivity index (χ4v) is 4.21. The number of carboxylic acids is 1. The van der Waals surface area contributed by atoms with Crippen LogP contribution in [-0.2, 0) is 17.4 Å². The van der Waals surface area contributed by atoms with Crippen LogP contribution in [0.3, 0.4) is 0 Å². The largest absolute Gasteiger partial charge is 0.480 e. The number of carboxylic acid groups (broad SMARTS) is 1. The molecule has 0 radical (unpaired) electrons. The van der Waals surface area contributed by atoms with Gasteiger partial charge in [0.25, 0.3) is 11.8 Å². The molecule has 0 aliphatic heterocycles. The molecule has 0 saturated heterocycles. The minimum absolute atomic E-state index is 0.0696. The molecule has 12 heteroatoms. The van der Waals surface area contributed by atoms with E-state index in [2.05, 4.69) is 15.6 Å². The molecule has 0 saturated carbocycles. The Balaban J connectivity index is 1.76. The van der Waals surface area contributed by atoms with Crippen molar-refractivity contribution in [3.05, 3.63) is 92.2 Å². The maximum absolute atomic E-state index is 13.5. The van der Waals surface area contributed by atoms with Gasteiger partial charge in [-0.25, -0.2) is 4.79 Å². The van der Waals surface area contributed by atoms with E-state index in [1.807, 2.05) is 0 Å². The normalized spacial score (nSPS) is 12.1. The summed E-state index contributed by atoms with van der Waals surface area (Å²) in [4.78, 5) is 41.0. The summed E-state index contributed by atoms with van der Waals surface area (Å²) in [5.74, 6) is -3.20. The van der Waals surface area contributed by atoms with Crippen LogP contribution >= 0.6 is 23.2 Å². The van der Waals surface area contributed by atoms with Crippen molar-refractivity contribution in [1.29, 1.82) is 0 Å². The van der Waals surface area contributed by atoms with Gasteiger partial charge in [-0.15, -0.1) is 0 Å². The second-order valence-corrected chi connectivity index (χ2v) is 8.90. The molecule has 7 nitrogen and oxygen atoms in total. The molecule has 2 amide bonds. The Kier molecular flexibility index (Phi) is 8.45. The molecule has 194 valence electrons. The van der Waals surface area contributed by atoms with Gasteiger partial charge >= 0.3 is 12.1 Å². The highest BCUT2D eigenvalue weighted by Crippen LogP contribution is 2.33. The van der Waals surface area contributed by atoms with E-state index in [-0.39, 0.29) is 33.4 Å². The number of carbonyl (C=O) groups excluding carboxylic acids is 2. The van der Waals surface area contributed by atoms with Gasteiger partial charge in [-0.3, -0.25) is 14.6 Å². The topological polar surface area (TPSA) is 108 Å². The molecule has 3 N–H and O–H groups in total. The molecule has 2 aromatic carbocycles. The van der Waals surface area contributed by atoms with E-state index in [1.165, 1.54) is 50.2 Å². The van der Waals surface area contributed by atoms with Crippen LogP contribution in [0.25, 0.3) is 0 Å². The molecule has 37 heavy (non-hydrogen) atoms. The number of halogens is 5. The number of rotatable bonds is 7. The molecule has 0 spiro atoms. The lowest BCUT2D eigenvalue weighted by molar-refractivity contribution is -0.139. The Morgan fingerprint density at radius 3 is 2.11 bits per heavy atom. The van der Waals surface area contributed by atoms with Gasteiger partial charge in [-0.2, -0.15) is 13.2 Å². The number of nitrogens with one attached hydrogen (secondary N) is 2. The van der Waals surface area contributed by atoms with E-state index in [0.29, 0.717) is 11.3 Å². The van der Waals surface area contributed by atoms with Gasteiger partial charge in [0.05, 0.1) is 32.4 Å². The van der Waals surface area contributed by atoms with Crippen LogP contribution in [-0.4, -0.2) is 33.9 Å². The van der Waals surface area contributed by atoms with Crippen molar-refractivity contribution in [2.45, 2.75) is 32.5 Å². The van der Waals surface area contributed by atoms with Crippen molar-refractivity contribution in [2.24, 2.45) is 0 Å². The Morgan fingerprint density at radius 1 is 0.973 bits per heavy atom. The highest BCUT2D eigenvalue weighted by Gasteiger charge is 2.37. The average molecular weight is 554 g/mol. The number of hydrogen-bond acceptors (Lipinski definition) is 4. The van der Waals surface area contributed by atoms with Crippen molar-refractivity contribution < 1.29 is 32.7 Å². The molecule has 1 heterocycles. The summed E-state index contributed by atoms with van der Waals surface area (Å²) in [7, 11) is 0. The fourth-order valence-electron chi connectivity index (χ4n) is 3.64. The Hall–Kier alpha value is -3.63. The highest BCUT2D eigenvalue weighted by atomic mass is 35.5. The third kappa shape index (κ3) is 6.78. The quantitative estimate of drug-likeness (QED) is 0.347.